The topological polar surface area (TPSA) is 21.1 Å². The quantitative estimate of drug-likeness (QED) is 0.202. The van der Waals surface area contributed by atoms with Crippen molar-refractivity contribution in [3.63, 3.8) is 0 Å². The Labute approximate surface area is 267 Å². The van der Waals surface area contributed by atoms with Crippen molar-refractivity contribution in [3.05, 3.63) is 179 Å². The van der Waals surface area contributed by atoms with Crippen LogP contribution in [0.4, 0.5) is 17.1 Å². The fourth-order valence-corrected chi connectivity index (χ4v) is 9.13. The van der Waals surface area contributed by atoms with E-state index >= 15 is 0 Å². The normalized spacial score (nSPS) is 15.6. The number of benzene rings is 6. The lowest BCUT2D eigenvalue weighted by Crippen LogP contribution is -2.37. The summed E-state index contributed by atoms with van der Waals surface area (Å²) in [4.78, 5) is 8.77. The van der Waals surface area contributed by atoms with Gasteiger partial charge in [0.05, 0.1) is 33.4 Å². The van der Waals surface area contributed by atoms with Gasteiger partial charge in [0.25, 0.3) is 0 Å². The number of imidazole rings is 1. The summed E-state index contributed by atoms with van der Waals surface area (Å²) in [5.74, 6) is 0. The summed E-state index contributed by atoms with van der Waals surface area (Å²) in [7, 11) is 0. The minimum Gasteiger partial charge on any atom is -0.310 e. The zero-order chi connectivity index (χ0) is 30.2. The summed E-state index contributed by atoms with van der Waals surface area (Å²) >= 11 is 1.77. The highest BCUT2D eigenvalue weighted by Crippen LogP contribution is 2.58. The average molecular weight is 598 g/mol. The second kappa shape index (κ2) is 9.72. The van der Waals surface area contributed by atoms with Crippen molar-refractivity contribution in [2.75, 3.05) is 4.90 Å². The van der Waals surface area contributed by atoms with E-state index in [0.717, 1.165) is 16.4 Å². The Morgan fingerprint density at radius 1 is 0.556 bits per heavy atom. The molecule has 2 aliphatic heterocycles. The van der Waals surface area contributed by atoms with Gasteiger partial charge in [-0.3, -0.25) is 0 Å². The molecule has 0 aliphatic carbocycles. The van der Waals surface area contributed by atoms with Gasteiger partial charge in [-0.15, -0.1) is 0 Å². The monoisotopic (exact) mass is 597 g/mol. The molecule has 1 aromatic heterocycles. The molecule has 7 aromatic rings. The number of hydrogen-bond acceptors (Lipinski definition) is 3. The lowest BCUT2D eigenvalue weighted by atomic mass is 9.62. The van der Waals surface area contributed by atoms with Crippen LogP contribution >= 0.6 is 11.8 Å². The molecule has 9 rings (SSSR count). The summed E-state index contributed by atoms with van der Waals surface area (Å²) < 4.78 is 2.40. The molecule has 0 unspecified atom stereocenters. The molecule has 3 nitrogen and oxygen atoms in total. The highest BCUT2D eigenvalue weighted by atomic mass is 32.2. The molecular weight excluding hydrogens is 567 g/mol. The van der Waals surface area contributed by atoms with E-state index in [4.69, 9.17) is 4.98 Å². The van der Waals surface area contributed by atoms with Crippen LogP contribution in [0.5, 0.6) is 0 Å². The molecule has 4 heteroatoms. The van der Waals surface area contributed by atoms with E-state index in [9.17, 15) is 0 Å². The van der Waals surface area contributed by atoms with Crippen LogP contribution in [0, 0.1) is 0 Å². The molecule has 0 atom stereocenters. The van der Waals surface area contributed by atoms with Gasteiger partial charge in [0.1, 0.15) is 0 Å². The molecule has 6 aromatic carbocycles. The van der Waals surface area contributed by atoms with E-state index in [0.29, 0.717) is 0 Å². The van der Waals surface area contributed by atoms with E-state index < -0.39 is 5.41 Å². The predicted octanol–water partition coefficient (Wildman–Crippen LogP) is 10.5. The van der Waals surface area contributed by atoms with Crippen molar-refractivity contribution < 1.29 is 0 Å². The highest BCUT2D eigenvalue weighted by molar-refractivity contribution is 7.99. The van der Waals surface area contributed by atoms with Crippen LogP contribution in [0.3, 0.4) is 0 Å². The van der Waals surface area contributed by atoms with Gasteiger partial charge in [0.2, 0.25) is 0 Å². The molecule has 2 aliphatic rings. The van der Waals surface area contributed by atoms with Crippen molar-refractivity contribution in [1.82, 2.24) is 9.55 Å². The minimum atomic E-state index is -0.470. The Morgan fingerprint density at radius 2 is 1.11 bits per heavy atom. The molecule has 0 saturated heterocycles. The van der Waals surface area contributed by atoms with Crippen LogP contribution in [-0.2, 0) is 11.0 Å². The Balaban J connectivity index is 1.28. The Bertz CT molecular complexity index is 2140. The highest BCUT2D eigenvalue weighted by Gasteiger charge is 2.46. The lowest BCUT2D eigenvalue weighted by molar-refractivity contribution is 0.402. The molecule has 0 saturated carbocycles. The van der Waals surface area contributed by atoms with Gasteiger partial charge >= 0.3 is 0 Å². The first kappa shape index (κ1) is 26.4. The molecule has 0 spiro atoms. The van der Waals surface area contributed by atoms with Crippen molar-refractivity contribution in [1.29, 1.82) is 0 Å². The van der Waals surface area contributed by atoms with E-state index in [1.165, 1.54) is 49.6 Å². The molecule has 0 N–H and O–H groups in total. The van der Waals surface area contributed by atoms with Gasteiger partial charge in [0, 0.05) is 10.6 Å². The molecule has 216 valence electrons. The maximum atomic E-state index is 5.06. The zero-order valence-corrected chi connectivity index (χ0v) is 26.0. The maximum Gasteiger partial charge on any atom is 0.174 e. The van der Waals surface area contributed by atoms with Crippen LogP contribution in [0.1, 0.15) is 41.7 Å². The smallest absolute Gasteiger partial charge is 0.174 e. The summed E-state index contributed by atoms with van der Waals surface area (Å²) in [5.41, 5.74) is 11.4. The standard InChI is InChI=1S/C41H31N3S/c1-40(2)33-26-25-30(27-38(33)45-39-42-34-21-11-14-24-37(34)44(39)40)43-35-22-12-9-19-31(35)41(28-15-5-3-6-16-28,29-17-7-4-8-18-29)32-20-10-13-23-36(32)43/h3-27H,1-2H3. The van der Waals surface area contributed by atoms with Gasteiger partial charge in [-0.05, 0) is 78.1 Å². The Kier molecular flexibility index (Phi) is 5.69. The summed E-state index contributed by atoms with van der Waals surface area (Å²) in [6.45, 7) is 4.62. The first-order chi connectivity index (χ1) is 22.1. The van der Waals surface area contributed by atoms with Crippen molar-refractivity contribution >= 4 is 39.9 Å². The molecular formula is C41H31N3S. The lowest BCUT2D eigenvalue weighted by Gasteiger charge is -2.46. The number of aromatic nitrogens is 2. The van der Waals surface area contributed by atoms with E-state index in [1.54, 1.807) is 11.8 Å². The van der Waals surface area contributed by atoms with Gasteiger partial charge < -0.3 is 9.47 Å². The Morgan fingerprint density at radius 3 is 1.76 bits per heavy atom. The SMILES string of the molecule is CC1(C)c2ccc(N3c4ccccc4C(c4ccccc4)(c4ccccc4)c4ccccc43)cc2Sc2nc3ccccc3n21. The third-order valence-corrected chi connectivity index (χ3v) is 10.7. The van der Waals surface area contributed by atoms with Crippen molar-refractivity contribution in [3.8, 4) is 0 Å². The third-order valence-electron chi connectivity index (χ3n) is 9.68. The van der Waals surface area contributed by atoms with Gasteiger partial charge in [-0.25, -0.2) is 4.98 Å². The first-order valence-corrected chi connectivity index (χ1v) is 16.3. The van der Waals surface area contributed by atoms with Crippen molar-refractivity contribution in [2.45, 2.75) is 34.9 Å². The second-order valence-corrected chi connectivity index (χ2v) is 13.4. The molecule has 0 fully saturated rings. The predicted molar refractivity (Wildman–Crippen MR) is 185 cm³/mol. The number of anilines is 3. The van der Waals surface area contributed by atoms with Crippen LogP contribution in [0.2, 0.25) is 0 Å². The van der Waals surface area contributed by atoms with Crippen molar-refractivity contribution in [2.24, 2.45) is 0 Å². The van der Waals surface area contributed by atoms with Gasteiger partial charge in [0.15, 0.2) is 5.16 Å². The number of fused-ring (bicyclic) bond motifs is 6. The molecule has 3 heterocycles. The summed E-state index contributed by atoms with van der Waals surface area (Å²) in [6.07, 6.45) is 0. The fraction of sp³-hybridized carbons (Fsp3) is 0.0976. The first-order valence-electron chi connectivity index (χ1n) is 15.5. The number of nitrogens with zero attached hydrogens (tertiary/aromatic N) is 3. The Hall–Kier alpha value is -5.06. The van der Waals surface area contributed by atoms with E-state index in [2.05, 4.69) is 175 Å². The summed E-state index contributed by atoms with van der Waals surface area (Å²) in [6, 6.07) is 55.3. The van der Waals surface area contributed by atoms with Crippen LogP contribution in [0.25, 0.3) is 11.0 Å². The number of rotatable bonds is 3. The largest absolute Gasteiger partial charge is 0.310 e. The molecule has 0 amide bonds. The summed E-state index contributed by atoms with van der Waals surface area (Å²) in [5, 5.41) is 1.04. The average Bonchev–Trinajstić information content (AvgIpc) is 3.47. The van der Waals surface area contributed by atoms with Gasteiger partial charge in [-0.1, -0.05) is 127 Å². The van der Waals surface area contributed by atoms with E-state index in [1.807, 2.05) is 0 Å². The van der Waals surface area contributed by atoms with Crippen LogP contribution in [-0.4, -0.2) is 9.55 Å². The second-order valence-electron chi connectivity index (χ2n) is 12.4. The number of para-hydroxylation sites is 4. The molecule has 45 heavy (non-hydrogen) atoms. The zero-order valence-electron chi connectivity index (χ0n) is 25.2. The van der Waals surface area contributed by atoms with Crippen LogP contribution in [0.15, 0.2) is 162 Å². The number of hydrogen-bond donors (Lipinski definition) is 0. The third kappa shape index (κ3) is 3.63. The van der Waals surface area contributed by atoms with E-state index in [-0.39, 0.29) is 5.54 Å². The molecule has 0 bridgehead atoms. The van der Waals surface area contributed by atoms with Crippen LogP contribution < -0.4 is 4.90 Å². The van der Waals surface area contributed by atoms with Gasteiger partial charge in [-0.2, -0.15) is 0 Å². The minimum absolute atomic E-state index is 0.238. The molecule has 0 radical (unpaired) electrons. The maximum absolute atomic E-state index is 5.06. The fourth-order valence-electron chi connectivity index (χ4n) is 7.76.